The van der Waals surface area contributed by atoms with E-state index in [1.165, 1.54) is 0 Å². The van der Waals surface area contributed by atoms with Gasteiger partial charge in [0.25, 0.3) is 5.91 Å². The predicted molar refractivity (Wildman–Crippen MR) is 66.1 cm³/mol. The van der Waals surface area contributed by atoms with Crippen molar-refractivity contribution in [2.24, 2.45) is 0 Å². The fraction of sp³-hybridized carbons (Fsp3) is 0.583. The van der Waals surface area contributed by atoms with Crippen LogP contribution in [0.5, 0.6) is 0 Å². The van der Waals surface area contributed by atoms with Crippen molar-refractivity contribution in [3.05, 3.63) is 17.5 Å². The molecule has 0 saturated heterocycles. The number of esters is 1. The van der Waals surface area contributed by atoms with Crippen LogP contribution in [-0.4, -0.2) is 33.7 Å². The third-order valence-corrected chi connectivity index (χ3v) is 2.05. The van der Waals surface area contributed by atoms with Crippen molar-refractivity contribution in [2.45, 2.75) is 46.3 Å². The number of aromatic nitrogens is 2. The van der Waals surface area contributed by atoms with Crippen LogP contribution in [0.15, 0.2) is 6.07 Å². The molecule has 2 N–H and O–H groups in total. The Morgan fingerprint density at radius 2 is 2.06 bits per heavy atom. The van der Waals surface area contributed by atoms with E-state index in [0.29, 0.717) is 0 Å². The highest BCUT2D eigenvalue weighted by atomic mass is 16.6. The smallest absolute Gasteiger partial charge is 0.328 e. The van der Waals surface area contributed by atoms with Crippen LogP contribution in [0.25, 0.3) is 0 Å². The number of nitrogens with one attached hydrogen (secondary N) is 2. The minimum Gasteiger partial charge on any atom is -0.458 e. The van der Waals surface area contributed by atoms with Crippen LogP contribution in [-0.2, 0) is 9.53 Å². The maximum absolute atomic E-state index is 11.7. The molecule has 1 rings (SSSR count). The van der Waals surface area contributed by atoms with Crippen molar-refractivity contribution in [1.82, 2.24) is 15.5 Å². The maximum atomic E-state index is 11.7. The number of aromatic amines is 1. The second-order valence-electron chi connectivity index (χ2n) is 5.16. The third kappa shape index (κ3) is 4.20. The van der Waals surface area contributed by atoms with Gasteiger partial charge in [0.2, 0.25) is 0 Å². The third-order valence-electron chi connectivity index (χ3n) is 2.05. The van der Waals surface area contributed by atoms with Gasteiger partial charge in [-0.3, -0.25) is 9.89 Å². The van der Waals surface area contributed by atoms with Gasteiger partial charge in [0.15, 0.2) is 0 Å². The summed E-state index contributed by atoms with van der Waals surface area (Å²) in [5.74, 6) is -0.874. The van der Waals surface area contributed by atoms with Gasteiger partial charge in [0.1, 0.15) is 17.3 Å². The quantitative estimate of drug-likeness (QED) is 0.792. The standard InChI is InChI=1S/C12H19N3O3/c1-7-6-9(15-14-7)10(16)13-8(2)11(17)18-12(3,4)5/h6,8H,1-5H3,(H,13,16)(H,14,15)/t8-/m1/s1. The minimum atomic E-state index is -0.714. The van der Waals surface area contributed by atoms with Crippen molar-refractivity contribution in [2.75, 3.05) is 0 Å². The van der Waals surface area contributed by atoms with Crippen molar-refractivity contribution in [3.63, 3.8) is 0 Å². The molecule has 0 aliphatic heterocycles. The monoisotopic (exact) mass is 253 g/mol. The largest absolute Gasteiger partial charge is 0.458 e. The summed E-state index contributed by atoms with van der Waals surface area (Å²) in [7, 11) is 0. The molecule has 0 saturated carbocycles. The van der Waals surface area contributed by atoms with Gasteiger partial charge in [-0.05, 0) is 40.7 Å². The van der Waals surface area contributed by atoms with E-state index in [4.69, 9.17) is 4.74 Å². The lowest BCUT2D eigenvalue weighted by atomic mass is 10.2. The second kappa shape index (κ2) is 5.20. The van der Waals surface area contributed by atoms with Gasteiger partial charge in [-0.15, -0.1) is 0 Å². The lowest BCUT2D eigenvalue weighted by molar-refractivity contribution is -0.156. The molecule has 18 heavy (non-hydrogen) atoms. The van der Waals surface area contributed by atoms with Crippen molar-refractivity contribution >= 4 is 11.9 Å². The van der Waals surface area contributed by atoms with Gasteiger partial charge in [0.05, 0.1) is 0 Å². The fourth-order valence-electron chi connectivity index (χ4n) is 1.25. The van der Waals surface area contributed by atoms with Crippen LogP contribution in [0.4, 0.5) is 0 Å². The van der Waals surface area contributed by atoms with Crippen LogP contribution in [0.3, 0.4) is 0 Å². The minimum absolute atomic E-state index is 0.253. The van der Waals surface area contributed by atoms with Gasteiger partial charge in [-0.25, -0.2) is 4.79 Å². The van der Waals surface area contributed by atoms with Crippen LogP contribution in [0, 0.1) is 6.92 Å². The number of hydrogen-bond acceptors (Lipinski definition) is 4. The van der Waals surface area contributed by atoms with Gasteiger partial charge < -0.3 is 10.1 Å². The molecule has 0 spiro atoms. The highest BCUT2D eigenvalue weighted by Gasteiger charge is 2.23. The Hall–Kier alpha value is -1.85. The van der Waals surface area contributed by atoms with Gasteiger partial charge in [-0.1, -0.05) is 0 Å². The first-order chi connectivity index (χ1) is 8.19. The molecule has 1 aromatic rings. The van der Waals surface area contributed by atoms with Crippen LogP contribution >= 0.6 is 0 Å². The van der Waals surface area contributed by atoms with E-state index in [0.717, 1.165) is 5.69 Å². The predicted octanol–water partition coefficient (Wildman–Crippen LogP) is 1.18. The normalized spacial score (nSPS) is 12.9. The zero-order valence-electron chi connectivity index (χ0n) is 11.3. The number of amides is 1. The summed E-state index contributed by atoms with van der Waals surface area (Å²) >= 11 is 0. The highest BCUT2D eigenvalue weighted by molar-refractivity contribution is 5.95. The molecule has 1 aromatic heterocycles. The Morgan fingerprint density at radius 1 is 1.44 bits per heavy atom. The number of ether oxygens (including phenoxy) is 1. The van der Waals surface area contributed by atoms with E-state index in [2.05, 4.69) is 15.5 Å². The molecule has 6 heteroatoms. The number of hydrogen-bond donors (Lipinski definition) is 2. The molecule has 1 atom stereocenters. The Balaban J connectivity index is 2.57. The molecule has 1 amide bonds. The summed E-state index contributed by atoms with van der Waals surface area (Å²) in [6.45, 7) is 8.69. The van der Waals surface area contributed by atoms with E-state index in [-0.39, 0.29) is 5.69 Å². The first-order valence-corrected chi connectivity index (χ1v) is 5.75. The van der Waals surface area contributed by atoms with Gasteiger partial charge >= 0.3 is 5.97 Å². The number of carbonyl (C=O) groups excluding carboxylic acids is 2. The first-order valence-electron chi connectivity index (χ1n) is 5.75. The molecule has 0 aromatic carbocycles. The average molecular weight is 253 g/mol. The summed E-state index contributed by atoms with van der Waals surface area (Å²) in [6.07, 6.45) is 0. The van der Waals surface area contributed by atoms with E-state index < -0.39 is 23.5 Å². The molecule has 0 aliphatic carbocycles. The lowest BCUT2D eigenvalue weighted by Gasteiger charge is -2.22. The zero-order chi connectivity index (χ0) is 13.9. The summed E-state index contributed by atoms with van der Waals surface area (Å²) in [6, 6.07) is 0.894. The summed E-state index contributed by atoms with van der Waals surface area (Å²) < 4.78 is 5.16. The lowest BCUT2D eigenvalue weighted by Crippen LogP contribution is -2.42. The highest BCUT2D eigenvalue weighted by Crippen LogP contribution is 2.08. The topological polar surface area (TPSA) is 84.1 Å². The molecular weight excluding hydrogens is 234 g/mol. The summed E-state index contributed by atoms with van der Waals surface area (Å²) in [5.41, 5.74) is 0.465. The molecule has 0 radical (unpaired) electrons. The van der Waals surface area contributed by atoms with Crippen LogP contribution < -0.4 is 5.32 Å². The fourth-order valence-corrected chi connectivity index (χ4v) is 1.25. The molecule has 6 nitrogen and oxygen atoms in total. The zero-order valence-corrected chi connectivity index (χ0v) is 11.3. The molecular formula is C12H19N3O3. The number of rotatable bonds is 3. The molecule has 1 heterocycles. The SMILES string of the molecule is Cc1cc(C(=O)N[C@H](C)C(=O)OC(C)(C)C)n[nH]1. The Labute approximate surface area is 106 Å². The van der Waals surface area contributed by atoms with Gasteiger partial charge in [0, 0.05) is 5.69 Å². The number of nitrogens with zero attached hydrogens (tertiary/aromatic N) is 1. The van der Waals surface area contributed by atoms with Crippen LogP contribution in [0.1, 0.15) is 43.9 Å². The maximum Gasteiger partial charge on any atom is 0.328 e. The second-order valence-corrected chi connectivity index (χ2v) is 5.16. The van der Waals surface area contributed by atoms with Crippen molar-refractivity contribution in [1.29, 1.82) is 0 Å². The van der Waals surface area contributed by atoms with E-state index >= 15 is 0 Å². The van der Waals surface area contributed by atoms with Crippen molar-refractivity contribution in [3.8, 4) is 0 Å². The van der Waals surface area contributed by atoms with Crippen molar-refractivity contribution < 1.29 is 14.3 Å². The number of aryl methyl sites for hydroxylation is 1. The first kappa shape index (κ1) is 14.2. The number of carbonyl (C=O) groups is 2. The molecule has 0 unspecified atom stereocenters. The van der Waals surface area contributed by atoms with Crippen LogP contribution in [0.2, 0.25) is 0 Å². The van der Waals surface area contributed by atoms with E-state index in [1.54, 1.807) is 40.7 Å². The summed E-state index contributed by atoms with van der Waals surface area (Å²) in [5, 5.41) is 9.01. The summed E-state index contributed by atoms with van der Waals surface area (Å²) in [4.78, 5) is 23.4. The Kier molecular flexibility index (Phi) is 4.11. The van der Waals surface area contributed by atoms with E-state index in [1.807, 2.05) is 0 Å². The molecule has 0 aliphatic rings. The molecule has 100 valence electrons. The van der Waals surface area contributed by atoms with Gasteiger partial charge in [-0.2, -0.15) is 5.10 Å². The Morgan fingerprint density at radius 3 is 2.50 bits per heavy atom. The van der Waals surface area contributed by atoms with E-state index in [9.17, 15) is 9.59 Å². The Bertz CT molecular complexity index is 446. The molecule has 0 bridgehead atoms. The molecule has 0 fully saturated rings. The number of H-pyrrole nitrogens is 1. The average Bonchev–Trinajstić information content (AvgIpc) is 2.62.